The third-order valence-electron chi connectivity index (χ3n) is 23.4. The van der Waals surface area contributed by atoms with Crippen molar-refractivity contribution in [3.05, 3.63) is 84.0 Å². The van der Waals surface area contributed by atoms with Crippen LogP contribution in [0.4, 0.5) is 11.8 Å². The minimum atomic E-state index is -2.44. The first-order valence-electron chi connectivity index (χ1n) is 43.1. The van der Waals surface area contributed by atoms with Gasteiger partial charge >= 0.3 is 5.97 Å². The number of carbonyl (C=O) groups is 5. The molecular weight excluding hydrogens is 1580 g/mol. The number of piperidine rings is 1. The predicted molar refractivity (Wildman–Crippen MR) is 454 cm³/mol. The fourth-order valence-corrected chi connectivity index (χ4v) is 16.3. The van der Waals surface area contributed by atoms with E-state index >= 15 is 0 Å². The second kappa shape index (κ2) is 49.8. The van der Waals surface area contributed by atoms with Crippen LogP contribution in [0, 0.1) is 35.5 Å². The van der Waals surface area contributed by atoms with Crippen LogP contribution in [-0.4, -0.2) is 270 Å². The second-order valence-corrected chi connectivity index (χ2v) is 32.6. The number of esters is 1. The SMILES string of the molecule is CO[C@H]1C[C@@H]2CC[C@@H](C)[C@@](O)(O2)C(=O)C(=O)N2CCCC[C@H]2C(=O)O[C@H]([C@H](C)C[C@@H]2CC[C@@H](O)[C@H](OC)C2)C[C@@H](OC)[C@H](C)/C=C(\C)[C@@H](O)[C@@H](OC)/C(=N/OCc2cn(CCOCCOCCOCCOCCOCCNC(=O)CCC(=O)NCCCCn3nc(-c4ccc5oc(N)nc5c4)c4c(N)ncnc43)nn2)[C@H](C)C[C@H](C)/C=C/C=C/C=C/1C. The van der Waals surface area contributed by atoms with E-state index < -0.39 is 78.1 Å². The lowest BCUT2D eigenvalue weighted by Gasteiger charge is -2.43. The van der Waals surface area contributed by atoms with Crippen molar-refractivity contribution in [1.82, 2.24) is 55.3 Å². The smallest absolute Gasteiger partial charge is 0.329 e. The number of rotatable bonds is 37. The maximum Gasteiger partial charge on any atom is 0.329 e. The summed E-state index contributed by atoms with van der Waals surface area (Å²) in [5.74, 6) is -6.82. The Morgan fingerprint density at radius 3 is 2.16 bits per heavy atom. The number of oxime groups is 1. The Balaban J connectivity index is 0.686. The number of ether oxygens (including phenoxy) is 11. The van der Waals surface area contributed by atoms with Crippen LogP contribution in [0.15, 0.2) is 87.9 Å². The number of allylic oxidation sites excluding steroid dienone is 5. The fraction of sp³-hybridized carbons (Fsp3) is 0.678. The number of aliphatic hydroxyl groups is 3. The predicted octanol–water partition coefficient (Wildman–Crippen LogP) is 7.91. The highest BCUT2D eigenvalue weighted by molar-refractivity contribution is 6.39. The van der Waals surface area contributed by atoms with E-state index in [1.165, 1.54) is 18.3 Å². The van der Waals surface area contributed by atoms with Gasteiger partial charge in [-0.3, -0.25) is 19.2 Å². The van der Waals surface area contributed by atoms with Crippen molar-refractivity contribution in [3.63, 3.8) is 0 Å². The summed E-state index contributed by atoms with van der Waals surface area (Å²) < 4.78 is 74.1. The van der Waals surface area contributed by atoms with E-state index in [9.17, 15) is 39.3 Å². The lowest BCUT2D eigenvalue weighted by Crippen LogP contribution is -2.61. The van der Waals surface area contributed by atoms with E-state index in [1.54, 1.807) is 49.9 Å². The number of oxazole rings is 1. The van der Waals surface area contributed by atoms with E-state index in [2.05, 4.69) is 48.9 Å². The molecule has 1 saturated carbocycles. The van der Waals surface area contributed by atoms with Crippen LogP contribution in [0.5, 0.6) is 0 Å². The van der Waals surface area contributed by atoms with Crippen molar-refractivity contribution in [3.8, 4) is 11.3 Å². The molecule has 122 heavy (non-hydrogen) atoms. The first-order chi connectivity index (χ1) is 58.8. The molecule has 5 aromatic rings. The molecule has 2 bridgehead atoms. The number of aryl methyl sites for hydroxylation is 1. The number of methoxy groups -OCH3 is 4. The number of nitrogens with one attached hydrogen (secondary N) is 2. The second-order valence-electron chi connectivity index (χ2n) is 32.6. The number of nitrogens with zero attached hydrogens (tertiary/aromatic N) is 10. The topological polar surface area (TPSA) is 449 Å². The number of ketones is 1. The number of amides is 3. The van der Waals surface area contributed by atoms with Gasteiger partial charge in [0, 0.05) is 104 Å². The first kappa shape index (κ1) is 97.2. The average Bonchev–Trinajstić information content (AvgIpc) is 1.54. The molecule has 4 aromatic heterocycles. The van der Waals surface area contributed by atoms with E-state index in [0.717, 1.165) is 17.6 Å². The number of nitrogen functional groups attached to an aromatic ring is 2. The van der Waals surface area contributed by atoms with Crippen molar-refractivity contribution in [2.45, 2.75) is 232 Å². The summed E-state index contributed by atoms with van der Waals surface area (Å²) in [6, 6.07) is 4.41. The number of nitrogens with two attached hydrogens (primary N) is 2. The molecule has 3 fully saturated rings. The molecule has 676 valence electrons. The average molecular weight is 1710 g/mol. The van der Waals surface area contributed by atoms with Crippen molar-refractivity contribution < 1.29 is 101 Å². The van der Waals surface area contributed by atoms with Gasteiger partial charge in [0.25, 0.3) is 17.7 Å². The van der Waals surface area contributed by atoms with Gasteiger partial charge < -0.3 is 104 Å². The fourth-order valence-electron chi connectivity index (χ4n) is 16.3. The van der Waals surface area contributed by atoms with E-state index in [4.69, 9.17) is 83.1 Å². The van der Waals surface area contributed by atoms with Crippen LogP contribution in [0.25, 0.3) is 33.4 Å². The number of anilines is 2. The molecule has 3 aliphatic heterocycles. The van der Waals surface area contributed by atoms with Gasteiger partial charge in [0.05, 0.1) is 120 Å². The number of hydrogen-bond acceptors (Lipinski definition) is 30. The number of Topliss-reactive ketones (excluding diaryl/α,β-unsaturated/α-hetero) is 1. The van der Waals surface area contributed by atoms with Crippen molar-refractivity contribution in [2.24, 2.45) is 40.7 Å². The van der Waals surface area contributed by atoms with E-state index in [1.807, 2.05) is 77.1 Å². The van der Waals surface area contributed by atoms with E-state index in [-0.39, 0.29) is 92.4 Å². The molecule has 4 aliphatic rings. The van der Waals surface area contributed by atoms with Gasteiger partial charge in [0.2, 0.25) is 17.6 Å². The van der Waals surface area contributed by atoms with Gasteiger partial charge in [0.15, 0.2) is 17.8 Å². The Morgan fingerprint density at radius 2 is 1.46 bits per heavy atom. The molecular formula is C87H132N14O21. The summed E-state index contributed by atoms with van der Waals surface area (Å²) in [7, 11) is 6.31. The molecule has 7 heterocycles. The zero-order chi connectivity index (χ0) is 87.7. The van der Waals surface area contributed by atoms with Gasteiger partial charge in [-0.05, 0) is 138 Å². The highest BCUT2D eigenvalue weighted by Gasteiger charge is 2.53. The first-order valence-corrected chi connectivity index (χ1v) is 43.1. The van der Waals surface area contributed by atoms with Gasteiger partial charge in [-0.15, -0.1) is 5.10 Å². The highest BCUT2D eigenvalue weighted by Crippen LogP contribution is 2.40. The van der Waals surface area contributed by atoms with Crippen LogP contribution in [0.3, 0.4) is 0 Å². The monoisotopic (exact) mass is 1710 g/mol. The summed E-state index contributed by atoms with van der Waals surface area (Å²) in [4.78, 5) is 89.0. The normalized spacial score (nSPS) is 28.0. The molecule has 0 unspecified atom stereocenters. The Morgan fingerprint density at radius 1 is 0.754 bits per heavy atom. The summed E-state index contributed by atoms with van der Waals surface area (Å²) in [6.45, 7) is 18.8. The van der Waals surface area contributed by atoms with Gasteiger partial charge in [0.1, 0.15) is 53.4 Å². The molecule has 0 spiro atoms. The molecule has 1 aromatic carbocycles. The number of fused-ring (bicyclic) bond motifs is 5. The largest absolute Gasteiger partial charge is 0.460 e. The molecule has 9 rings (SSSR count). The quantitative estimate of drug-likeness (QED) is 0.00652. The standard InChI is InChI=1S/C87H132N14O21/c1-55-19-13-12-14-20-56(2)70(110-8)50-65-25-22-61(7)87(109,122-65)81(106)84(107)100-32-17-15-21-67(100)85(108)120-72(58(4)47-62-23-26-68(102)73(48-62)112-10)51-71(111-9)57(3)46-60(6)79(105)80(113-11)77(59(5)45-55)97-119-53-64-52-99(98-95-64)34-36-115-38-40-117-42-44-118-43-41-116-39-37-114-35-31-91-75(104)29-28-74(103)90-30-16-18-33-101-83-76(82(88)92-54-93-83)78(96-101)63-24-27-69-66(49-63)94-86(89)121-69/h12-14,19-20,24,27,46,49,52,54-55,57-59,61-62,65,67-68,70-73,79-80,102,105,109H,15-18,21-23,25-26,28-45,47-48,50-51,53H2,1-11H3,(H2,89,94)(H,90,103)(H,91,104)(H2,88,92,93)/b14-12+,19-13+,56-20+,60-46+,97-77+/t55-,57-,58-,59-,61-,62+,65+,67+,68-,70+,71-,72+,73-,79-,80+,87-/m1/s1. The summed E-state index contributed by atoms with van der Waals surface area (Å²) in [5, 5.41) is 59.7. The summed E-state index contributed by atoms with van der Waals surface area (Å²) >= 11 is 0. The third kappa shape index (κ3) is 28.7. The summed E-state index contributed by atoms with van der Waals surface area (Å²) in [6.07, 6.45) is 16.9. The Kier molecular flexibility index (Phi) is 39.7. The zero-order valence-corrected chi connectivity index (χ0v) is 73.0. The Labute approximate surface area is 715 Å². The highest BCUT2D eigenvalue weighted by atomic mass is 16.6. The van der Waals surface area contributed by atoms with Gasteiger partial charge in [-0.25, -0.2) is 24.1 Å². The van der Waals surface area contributed by atoms with Gasteiger partial charge in [-0.2, -0.15) is 10.1 Å². The Bertz CT molecular complexity index is 4260. The molecule has 2 saturated heterocycles. The molecule has 1 aliphatic carbocycles. The molecule has 35 heteroatoms. The van der Waals surface area contributed by atoms with Crippen molar-refractivity contribution >= 4 is 69.2 Å². The number of benzene rings is 1. The summed E-state index contributed by atoms with van der Waals surface area (Å²) in [5.41, 5.74) is 17.6. The number of carbonyl (C=O) groups excluding carboxylic acids is 5. The molecule has 0 radical (unpaired) electrons. The molecule has 3 amide bonds. The Hall–Kier alpha value is -8.56. The number of cyclic esters (lactones) is 1. The van der Waals surface area contributed by atoms with Crippen molar-refractivity contribution in [2.75, 3.05) is 126 Å². The number of unbranched alkanes of at least 4 members (excludes halogenated alkanes) is 1. The maximum atomic E-state index is 14.9. The lowest BCUT2D eigenvalue weighted by molar-refractivity contribution is -0.265. The van der Waals surface area contributed by atoms with Gasteiger partial charge in [-0.1, -0.05) is 81.4 Å². The number of hydrogen-bond donors (Lipinski definition) is 7. The molecule has 16 atom stereocenters. The van der Waals surface area contributed by atoms with Crippen molar-refractivity contribution in [1.29, 1.82) is 0 Å². The zero-order valence-electron chi connectivity index (χ0n) is 73.0. The number of aliphatic hydroxyl groups excluding tert-OH is 2. The molecule has 9 N–H and O–H groups in total. The minimum absolute atomic E-state index is 0.0167. The maximum absolute atomic E-state index is 14.9. The number of aromatic nitrogens is 8. The van der Waals surface area contributed by atoms with Crippen LogP contribution in [-0.2, 0) is 101 Å². The minimum Gasteiger partial charge on any atom is -0.460 e. The van der Waals surface area contributed by atoms with E-state index in [0.29, 0.717) is 214 Å². The lowest BCUT2D eigenvalue weighted by atomic mass is 9.78. The van der Waals surface area contributed by atoms with Crippen LogP contribution < -0.4 is 22.1 Å². The van der Waals surface area contributed by atoms with Crippen LogP contribution in [0.2, 0.25) is 0 Å². The van der Waals surface area contributed by atoms with Crippen LogP contribution in [0.1, 0.15) is 157 Å². The van der Waals surface area contributed by atoms with Crippen LogP contribution >= 0.6 is 0 Å². The third-order valence-corrected chi connectivity index (χ3v) is 23.4. The molecule has 35 nitrogen and oxygen atoms in total.